The molecule has 1 saturated carbocycles. The molecule has 1 aromatic heterocycles. The van der Waals surface area contributed by atoms with Crippen LogP contribution < -0.4 is 4.74 Å². The van der Waals surface area contributed by atoms with Crippen molar-refractivity contribution in [3.05, 3.63) is 35.0 Å². The second kappa shape index (κ2) is 11.7. The first-order chi connectivity index (χ1) is 16.4. The monoisotopic (exact) mass is 504 g/mol. The van der Waals surface area contributed by atoms with E-state index in [0.717, 1.165) is 37.1 Å². The minimum absolute atomic E-state index is 0.0287. The van der Waals surface area contributed by atoms with Gasteiger partial charge in [0, 0.05) is 54.1 Å². The Morgan fingerprint density at radius 2 is 2.09 bits per heavy atom. The number of methoxy groups -OCH3 is 1. The zero-order valence-electron chi connectivity index (χ0n) is 19.7. The molecule has 1 saturated heterocycles. The number of carboxylic acid groups (broad SMARTS) is 1. The normalized spacial score (nSPS) is 21.4. The Balaban J connectivity index is 1.39. The molecule has 1 N–H and O–H groups in total. The van der Waals surface area contributed by atoms with Gasteiger partial charge in [0.1, 0.15) is 5.75 Å². The molecule has 6 nitrogen and oxygen atoms in total. The number of halogens is 1. The maximum Gasteiger partial charge on any atom is 0.303 e. The summed E-state index contributed by atoms with van der Waals surface area (Å²) in [6, 6.07) is 5.43. The van der Waals surface area contributed by atoms with Crippen LogP contribution in [0.4, 0.5) is 0 Å². The first-order valence-electron chi connectivity index (χ1n) is 12.2. The summed E-state index contributed by atoms with van der Waals surface area (Å²) >= 11 is 8.47. The van der Waals surface area contributed by atoms with E-state index in [1.54, 1.807) is 13.2 Å². The lowest BCUT2D eigenvalue weighted by atomic mass is 9.79. The number of ketones is 1. The Bertz CT molecular complexity index is 1030. The van der Waals surface area contributed by atoms with Crippen LogP contribution in [-0.4, -0.2) is 64.5 Å². The molecule has 0 bridgehead atoms. The van der Waals surface area contributed by atoms with E-state index in [9.17, 15) is 14.7 Å². The lowest BCUT2D eigenvalue weighted by Gasteiger charge is -2.38. The van der Waals surface area contributed by atoms with Crippen LogP contribution in [0, 0.1) is 11.8 Å². The molecule has 184 valence electrons. The summed E-state index contributed by atoms with van der Waals surface area (Å²) in [5.74, 6) is 1.26. The predicted molar refractivity (Wildman–Crippen MR) is 137 cm³/mol. The maximum atomic E-state index is 13.3. The molecule has 2 atom stereocenters. The third kappa shape index (κ3) is 6.23. The maximum absolute atomic E-state index is 13.3. The minimum atomic E-state index is -0.762. The summed E-state index contributed by atoms with van der Waals surface area (Å²) < 4.78 is 5.32. The van der Waals surface area contributed by atoms with Crippen molar-refractivity contribution >= 4 is 46.0 Å². The van der Waals surface area contributed by atoms with Gasteiger partial charge in [-0.15, -0.1) is 0 Å². The molecule has 1 aliphatic carbocycles. The van der Waals surface area contributed by atoms with Crippen LogP contribution in [0.1, 0.15) is 55.3 Å². The second-order valence-electron chi connectivity index (χ2n) is 9.46. The number of nitrogens with zero attached hydrogens (tertiary/aromatic N) is 2. The van der Waals surface area contributed by atoms with Gasteiger partial charge < -0.3 is 14.7 Å². The highest BCUT2D eigenvalue weighted by Gasteiger charge is 2.31. The molecule has 0 spiro atoms. The molecule has 0 radical (unpaired) electrons. The molecule has 2 fully saturated rings. The molecule has 1 aromatic carbocycles. The van der Waals surface area contributed by atoms with Crippen molar-refractivity contribution in [2.45, 2.75) is 50.2 Å². The van der Waals surface area contributed by atoms with Crippen LogP contribution >= 0.6 is 23.4 Å². The number of carbonyl (C=O) groups excluding carboxylic acids is 1. The predicted octanol–water partition coefficient (Wildman–Crippen LogP) is 5.56. The Morgan fingerprint density at radius 3 is 2.79 bits per heavy atom. The third-order valence-electron chi connectivity index (χ3n) is 7.28. The zero-order valence-corrected chi connectivity index (χ0v) is 21.2. The van der Waals surface area contributed by atoms with Crippen LogP contribution in [0.25, 0.3) is 10.9 Å². The lowest BCUT2D eigenvalue weighted by molar-refractivity contribution is -0.139. The van der Waals surface area contributed by atoms with Crippen molar-refractivity contribution in [2.75, 3.05) is 32.5 Å². The van der Waals surface area contributed by atoms with Crippen molar-refractivity contribution < 1.29 is 19.4 Å². The van der Waals surface area contributed by atoms with E-state index in [0.29, 0.717) is 40.1 Å². The van der Waals surface area contributed by atoms with Crippen LogP contribution in [0.3, 0.4) is 0 Å². The average Bonchev–Trinajstić information content (AvgIpc) is 2.79. The van der Waals surface area contributed by atoms with Gasteiger partial charge in [0.2, 0.25) is 0 Å². The summed E-state index contributed by atoms with van der Waals surface area (Å²) in [6.07, 6.45) is 7.66. The number of pyridine rings is 1. The standard InChI is InChI=1S/C26H33ClN2O4S/c1-33-19-6-7-23-21(14-19)26(22(27)15-28-23)24(30)8-5-17-9-10-29(16-18(17)13-25(31)32)11-12-34-20-3-2-4-20/h6-7,14-15,17-18,20H,2-5,8-13,16H2,1H3,(H,31,32). The van der Waals surface area contributed by atoms with Crippen molar-refractivity contribution in [1.29, 1.82) is 0 Å². The molecular formula is C26H33ClN2O4S. The van der Waals surface area contributed by atoms with Gasteiger partial charge in [-0.25, -0.2) is 0 Å². The van der Waals surface area contributed by atoms with Crippen molar-refractivity contribution in [1.82, 2.24) is 9.88 Å². The lowest BCUT2D eigenvalue weighted by Crippen LogP contribution is -2.42. The van der Waals surface area contributed by atoms with Crippen molar-refractivity contribution in [3.63, 3.8) is 0 Å². The first-order valence-corrected chi connectivity index (χ1v) is 13.6. The number of aliphatic carboxylic acids is 1. The van der Waals surface area contributed by atoms with E-state index in [4.69, 9.17) is 16.3 Å². The Kier molecular flexibility index (Phi) is 8.72. The van der Waals surface area contributed by atoms with E-state index in [-0.39, 0.29) is 24.0 Å². The number of carboxylic acids is 1. The molecule has 2 heterocycles. The molecule has 0 amide bonds. The van der Waals surface area contributed by atoms with Crippen LogP contribution in [0.5, 0.6) is 5.75 Å². The molecule has 2 unspecified atom stereocenters. The quantitative estimate of drug-likeness (QED) is 0.401. The van der Waals surface area contributed by atoms with Gasteiger partial charge in [0.25, 0.3) is 0 Å². The van der Waals surface area contributed by atoms with Crippen molar-refractivity contribution in [2.24, 2.45) is 11.8 Å². The summed E-state index contributed by atoms with van der Waals surface area (Å²) in [4.78, 5) is 31.6. The molecule has 34 heavy (non-hydrogen) atoms. The van der Waals surface area contributed by atoms with Crippen molar-refractivity contribution in [3.8, 4) is 5.75 Å². The fraction of sp³-hybridized carbons (Fsp3) is 0.577. The second-order valence-corrected chi connectivity index (χ2v) is 11.3. The molecular weight excluding hydrogens is 472 g/mol. The smallest absolute Gasteiger partial charge is 0.303 e. The zero-order chi connectivity index (χ0) is 24.1. The summed E-state index contributed by atoms with van der Waals surface area (Å²) in [7, 11) is 1.58. The number of fused-ring (bicyclic) bond motifs is 1. The van der Waals surface area contributed by atoms with E-state index in [1.165, 1.54) is 25.5 Å². The average molecular weight is 505 g/mol. The molecule has 2 aromatic rings. The van der Waals surface area contributed by atoms with E-state index in [2.05, 4.69) is 21.6 Å². The van der Waals surface area contributed by atoms with E-state index < -0.39 is 5.97 Å². The van der Waals surface area contributed by atoms with Crippen LogP contribution in [0.2, 0.25) is 5.02 Å². The third-order valence-corrected chi connectivity index (χ3v) is 8.92. The van der Waals surface area contributed by atoms with Crippen LogP contribution in [-0.2, 0) is 4.79 Å². The van der Waals surface area contributed by atoms with Gasteiger partial charge in [-0.2, -0.15) is 11.8 Å². The van der Waals surface area contributed by atoms with Gasteiger partial charge >= 0.3 is 5.97 Å². The number of thioether (sulfide) groups is 1. The van der Waals surface area contributed by atoms with Gasteiger partial charge in [-0.1, -0.05) is 18.0 Å². The van der Waals surface area contributed by atoms with Gasteiger partial charge in [0.15, 0.2) is 5.78 Å². The SMILES string of the molecule is COc1ccc2ncc(Cl)c(C(=O)CCC3CCN(CCSC4CCC4)CC3CC(=O)O)c2c1. The molecule has 1 aliphatic heterocycles. The fourth-order valence-corrected chi connectivity index (χ4v) is 6.70. The fourth-order valence-electron chi connectivity index (χ4n) is 5.08. The molecule has 2 aliphatic rings. The Hall–Kier alpha value is -1.83. The number of rotatable bonds is 11. The summed E-state index contributed by atoms with van der Waals surface area (Å²) in [5.41, 5.74) is 1.18. The number of likely N-dealkylation sites (tertiary alicyclic amines) is 1. The molecule has 8 heteroatoms. The van der Waals surface area contributed by atoms with E-state index in [1.807, 2.05) is 12.1 Å². The van der Waals surface area contributed by atoms with Gasteiger partial charge in [0.05, 0.1) is 17.6 Å². The Labute approximate surface area is 210 Å². The number of hydrogen-bond acceptors (Lipinski definition) is 6. The highest BCUT2D eigenvalue weighted by atomic mass is 35.5. The number of piperidine rings is 1. The molecule has 4 rings (SSSR count). The van der Waals surface area contributed by atoms with Crippen LogP contribution in [0.15, 0.2) is 24.4 Å². The number of Topliss-reactive ketones (excluding diaryl/α,β-unsaturated/α-hetero) is 1. The first kappa shape index (κ1) is 25.3. The number of hydrogen-bond donors (Lipinski definition) is 1. The number of aromatic nitrogens is 1. The highest BCUT2D eigenvalue weighted by molar-refractivity contribution is 7.99. The number of ether oxygens (including phenoxy) is 1. The largest absolute Gasteiger partial charge is 0.497 e. The minimum Gasteiger partial charge on any atom is -0.497 e. The highest BCUT2D eigenvalue weighted by Crippen LogP contribution is 2.34. The number of carbonyl (C=O) groups is 2. The van der Waals surface area contributed by atoms with E-state index >= 15 is 0 Å². The summed E-state index contributed by atoms with van der Waals surface area (Å²) in [6.45, 7) is 2.78. The summed E-state index contributed by atoms with van der Waals surface area (Å²) in [5, 5.41) is 11.4. The van der Waals surface area contributed by atoms with Gasteiger partial charge in [-0.05, 0) is 62.3 Å². The Morgan fingerprint density at radius 1 is 1.26 bits per heavy atom. The topological polar surface area (TPSA) is 79.7 Å². The number of benzene rings is 1. The van der Waals surface area contributed by atoms with Gasteiger partial charge in [-0.3, -0.25) is 14.6 Å².